The monoisotopic (exact) mass is 251 g/mol. The van der Waals surface area contributed by atoms with Gasteiger partial charge >= 0.3 is 6.18 Å². The van der Waals surface area contributed by atoms with Gasteiger partial charge in [0.15, 0.2) is 6.10 Å². The Bertz CT molecular complexity index is 395. The molecule has 0 radical (unpaired) electrons. The zero-order chi connectivity index (χ0) is 13.2. The molecule has 1 amide bonds. The quantitative estimate of drug-likeness (QED) is 0.816. The van der Waals surface area contributed by atoms with Crippen LogP contribution in [0.2, 0.25) is 0 Å². The Morgan fingerprint density at radius 1 is 1.65 bits per heavy atom. The maximum Gasteiger partial charge on any atom is 0.416 e. The van der Waals surface area contributed by atoms with Crippen molar-refractivity contribution in [3.8, 4) is 0 Å². The summed E-state index contributed by atoms with van der Waals surface area (Å²) in [7, 11) is 1.61. The summed E-state index contributed by atoms with van der Waals surface area (Å²) in [6.07, 6.45) is -7.32. The van der Waals surface area contributed by atoms with Crippen LogP contribution in [-0.2, 0) is 7.05 Å². The van der Waals surface area contributed by atoms with Crippen LogP contribution >= 0.6 is 0 Å². The summed E-state index contributed by atoms with van der Waals surface area (Å²) in [6.45, 7) is 0.812. The predicted molar refractivity (Wildman–Crippen MR) is 52.3 cm³/mol. The van der Waals surface area contributed by atoms with Crippen molar-refractivity contribution < 1.29 is 23.1 Å². The summed E-state index contributed by atoms with van der Waals surface area (Å²) in [6, 6.07) is 1.44. The highest BCUT2D eigenvalue weighted by molar-refractivity contribution is 5.92. The van der Waals surface area contributed by atoms with E-state index in [2.05, 4.69) is 5.10 Å². The van der Waals surface area contributed by atoms with E-state index in [0.717, 1.165) is 0 Å². The second kappa shape index (κ2) is 4.74. The first kappa shape index (κ1) is 13.5. The number of aromatic nitrogens is 2. The van der Waals surface area contributed by atoms with Crippen molar-refractivity contribution in [3.63, 3.8) is 0 Å². The minimum atomic E-state index is -4.74. The van der Waals surface area contributed by atoms with Crippen molar-refractivity contribution in [3.05, 3.63) is 17.5 Å². The van der Waals surface area contributed by atoms with Gasteiger partial charge in [-0.25, -0.2) is 0 Å². The lowest BCUT2D eigenvalue weighted by atomic mass is 10.3. The van der Waals surface area contributed by atoms with Crippen LogP contribution in [0.15, 0.2) is 6.07 Å². The first-order valence-electron chi connectivity index (χ1n) is 4.75. The third-order valence-electron chi connectivity index (χ3n) is 2.18. The Hall–Kier alpha value is -1.57. The third-order valence-corrected chi connectivity index (χ3v) is 2.18. The molecule has 1 rings (SSSR count). The van der Waals surface area contributed by atoms with E-state index < -0.39 is 24.7 Å². The molecule has 1 aromatic rings. The minimum Gasteiger partial charge on any atom is -0.382 e. The maximum atomic E-state index is 11.9. The van der Waals surface area contributed by atoms with Gasteiger partial charge in [0.05, 0.1) is 6.54 Å². The molecule has 0 saturated heterocycles. The van der Waals surface area contributed by atoms with Crippen LogP contribution in [0.1, 0.15) is 16.2 Å². The SMILES string of the molecule is Cc1cc(C(=O)NCC(O)C(F)(F)F)nn1C. The van der Waals surface area contributed by atoms with Crippen molar-refractivity contribution in [2.75, 3.05) is 6.54 Å². The van der Waals surface area contributed by atoms with Crippen molar-refractivity contribution in [2.24, 2.45) is 7.05 Å². The van der Waals surface area contributed by atoms with Crippen molar-refractivity contribution >= 4 is 5.91 Å². The molecule has 1 unspecified atom stereocenters. The predicted octanol–water partition coefficient (Wildman–Crippen LogP) is 0.382. The molecule has 0 aliphatic carbocycles. The van der Waals surface area contributed by atoms with Gasteiger partial charge in [0.1, 0.15) is 5.69 Å². The molecule has 0 bridgehead atoms. The van der Waals surface area contributed by atoms with Gasteiger partial charge in [-0.05, 0) is 13.0 Å². The van der Waals surface area contributed by atoms with Gasteiger partial charge in [-0.15, -0.1) is 0 Å². The Balaban J connectivity index is 2.56. The molecule has 2 N–H and O–H groups in total. The Morgan fingerprint density at radius 3 is 2.65 bits per heavy atom. The number of aliphatic hydroxyl groups excluding tert-OH is 1. The summed E-state index contributed by atoms with van der Waals surface area (Å²) in [5.74, 6) is -0.753. The van der Waals surface area contributed by atoms with Crippen LogP contribution in [0.25, 0.3) is 0 Å². The summed E-state index contributed by atoms with van der Waals surface area (Å²) < 4.78 is 37.3. The lowest BCUT2D eigenvalue weighted by Gasteiger charge is -2.14. The van der Waals surface area contributed by atoms with Crippen LogP contribution < -0.4 is 5.32 Å². The molecule has 5 nitrogen and oxygen atoms in total. The highest BCUT2D eigenvalue weighted by atomic mass is 19.4. The zero-order valence-electron chi connectivity index (χ0n) is 9.25. The normalized spacial score (nSPS) is 13.5. The van der Waals surface area contributed by atoms with Crippen LogP contribution in [0, 0.1) is 6.92 Å². The van der Waals surface area contributed by atoms with Crippen molar-refractivity contribution in [1.29, 1.82) is 0 Å². The highest BCUT2D eigenvalue weighted by Gasteiger charge is 2.38. The van der Waals surface area contributed by atoms with Gasteiger partial charge < -0.3 is 10.4 Å². The molecule has 1 aromatic heterocycles. The third kappa shape index (κ3) is 3.45. The fourth-order valence-corrected chi connectivity index (χ4v) is 1.07. The van der Waals surface area contributed by atoms with Gasteiger partial charge in [-0.2, -0.15) is 18.3 Å². The van der Waals surface area contributed by atoms with E-state index in [1.54, 1.807) is 14.0 Å². The number of amides is 1. The van der Waals surface area contributed by atoms with E-state index in [4.69, 9.17) is 5.11 Å². The standard InChI is InChI=1S/C9H12F3N3O2/c1-5-3-6(14-15(5)2)8(17)13-4-7(16)9(10,11)12/h3,7,16H,4H2,1-2H3,(H,13,17). The fraction of sp³-hybridized carbons (Fsp3) is 0.556. The van der Waals surface area contributed by atoms with E-state index in [9.17, 15) is 18.0 Å². The van der Waals surface area contributed by atoms with E-state index in [-0.39, 0.29) is 5.69 Å². The lowest BCUT2D eigenvalue weighted by Crippen LogP contribution is -2.40. The van der Waals surface area contributed by atoms with Crippen LogP contribution in [0.4, 0.5) is 13.2 Å². The molecule has 8 heteroatoms. The molecule has 96 valence electrons. The minimum absolute atomic E-state index is 0.0133. The molecular formula is C9H12F3N3O2. The molecule has 0 aliphatic heterocycles. The van der Waals surface area contributed by atoms with E-state index in [1.807, 2.05) is 5.32 Å². The number of nitrogens with zero attached hydrogens (tertiary/aromatic N) is 2. The second-order valence-corrected chi connectivity index (χ2v) is 3.56. The van der Waals surface area contributed by atoms with Crippen molar-refractivity contribution in [1.82, 2.24) is 15.1 Å². The summed E-state index contributed by atoms with van der Waals surface area (Å²) in [5.41, 5.74) is 0.714. The number of carbonyl (C=O) groups excluding carboxylic acids is 1. The smallest absolute Gasteiger partial charge is 0.382 e. The van der Waals surface area contributed by atoms with E-state index >= 15 is 0 Å². The van der Waals surface area contributed by atoms with E-state index in [0.29, 0.717) is 5.69 Å². The number of hydrogen-bond acceptors (Lipinski definition) is 3. The van der Waals surface area contributed by atoms with Crippen LogP contribution in [-0.4, -0.2) is 39.6 Å². The average molecular weight is 251 g/mol. The number of rotatable bonds is 3. The zero-order valence-corrected chi connectivity index (χ0v) is 9.25. The van der Waals surface area contributed by atoms with E-state index in [1.165, 1.54) is 10.7 Å². The first-order valence-corrected chi connectivity index (χ1v) is 4.75. The Labute approximate surface area is 95.2 Å². The number of hydrogen-bond donors (Lipinski definition) is 2. The number of nitrogens with one attached hydrogen (secondary N) is 1. The number of aliphatic hydroxyl groups is 1. The average Bonchev–Trinajstić information content (AvgIpc) is 2.54. The molecule has 0 fully saturated rings. The number of alkyl halides is 3. The Kier molecular flexibility index (Phi) is 3.76. The Morgan fingerprint density at radius 2 is 2.24 bits per heavy atom. The molecule has 0 spiro atoms. The number of halogens is 3. The van der Waals surface area contributed by atoms with Gasteiger partial charge in [-0.3, -0.25) is 9.48 Å². The molecular weight excluding hydrogens is 239 g/mol. The van der Waals surface area contributed by atoms with Gasteiger partial charge in [-0.1, -0.05) is 0 Å². The summed E-state index contributed by atoms with van der Waals surface area (Å²) in [5, 5.41) is 14.4. The molecule has 17 heavy (non-hydrogen) atoms. The van der Waals surface area contributed by atoms with Gasteiger partial charge in [0.25, 0.3) is 5.91 Å². The van der Waals surface area contributed by atoms with Crippen LogP contribution in [0.3, 0.4) is 0 Å². The summed E-state index contributed by atoms with van der Waals surface area (Å²) in [4.78, 5) is 11.4. The van der Waals surface area contributed by atoms with Crippen LogP contribution in [0.5, 0.6) is 0 Å². The summed E-state index contributed by atoms with van der Waals surface area (Å²) >= 11 is 0. The van der Waals surface area contributed by atoms with Gasteiger partial charge in [0, 0.05) is 12.7 Å². The largest absolute Gasteiger partial charge is 0.416 e. The molecule has 1 atom stereocenters. The second-order valence-electron chi connectivity index (χ2n) is 3.56. The fourth-order valence-electron chi connectivity index (χ4n) is 1.07. The molecule has 0 aromatic carbocycles. The maximum absolute atomic E-state index is 11.9. The van der Waals surface area contributed by atoms with Crippen molar-refractivity contribution in [2.45, 2.75) is 19.2 Å². The van der Waals surface area contributed by atoms with Gasteiger partial charge in [0.2, 0.25) is 0 Å². The molecule has 0 aliphatic rings. The highest BCUT2D eigenvalue weighted by Crippen LogP contribution is 2.19. The topological polar surface area (TPSA) is 67.2 Å². The molecule has 1 heterocycles. The molecule has 0 saturated carbocycles. The number of carbonyl (C=O) groups is 1. The number of aryl methyl sites for hydroxylation is 2. The first-order chi connectivity index (χ1) is 7.71. The lowest BCUT2D eigenvalue weighted by molar-refractivity contribution is -0.201.